The first-order chi connectivity index (χ1) is 22.7. The Morgan fingerprint density at radius 1 is 0.875 bits per heavy atom. The van der Waals surface area contributed by atoms with E-state index in [4.69, 9.17) is 9.47 Å². The standard InChI is InChI=1S/C40H49FN2O5/c1-26(2)37-36(39(46)42-31-16-12-9-13-17-31)35(28-14-10-8-11-15-28)38(29-18-20-30(41)21-19-29)43(37)23-22-33(47-27(3)4)24-32(44)25-34(45)48-40(5,6)7/h8-21,26-27,32-33,44H,22-25H2,1-7H3,(H,42,46)/t32-,33-/m1/s1. The van der Waals surface area contributed by atoms with Gasteiger partial charge in [-0.2, -0.15) is 0 Å². The average Bonchev–Trinajstić information content (AvgIpc) is 3.35. The number of ether oxygens (including phenoxy) is 2. The van der Waals surface area contributed by atoms with E-state index in [1.54, 1.807) is 32.9 Å². The van der Waals surface area contributed by atoms with Gasteiger partial charge in [0.2, 0.25) is 0 Å². The van der Waals surface area contributed by atoms with Gasteiger partial charge in [0, 0.05) is 29.9 Å². The van der Waals surface area contributed by atoms with Crippen LogP contribution in [0.4, 0.5) is 10.1 Å². The number of para-hydroxylation sites is 1. The number of aliphatic hydroxyl groups is 1. The molecule has 4 rings (SSSR count). The first kappa shape index (κ1) is 36.6. The summed E-state index contributed by atoms with van der Waals surface area (Å²) in [7, 11) is 0. The molecule has 0 aliphatic carbocycles. The fraction of sp³-hybridized carbons (Fsp3) is 0.400. The zero-order valence-corrected chi connectivity index (χ0v) is 29.1. The number of hydrogen-bond donors (Lipinski definition) is 2. The van der Waals surface area contributed by atoms with Crippen LogP contribution in [-0.4, -0.2) is 45.5 Å². The summed E-state index contributed by atoms with van der Waals surface area (Å²) in [5.74, 6) is -1.13. The average molecular weight is 657 g/mol. The Balaban J connectivity index is 1.83. The second-order valence-corrected chi connectivity index (χ2v) is 13.8. The number of aliphatic hydroxyl groups excluding tert-OH is 1. The minimum absolute atomic E-state index is 0.0691. The van der Waals surface area contributed by atoms with Crippen molar-refractivity contribution in [1.29, 1.82) is 0 Å². The van der Waals surface area contributed by atoms with Crippen LogP contribution in [0.2, 0.25) is 0 Å². The molecule has 7 nitrogen and oxygen atoms in total. The van der Waals surface area contributed by atoms with E-state index in [-0.39, 0.29) is 36.6 Å². The van der Waals surface area contributed by atoms with Crippen LogP contribution in [-0.2, 0) is 20.8 Å². The van der Waals surface area contributed by atoms with Crippen molar-refractivity contribution < 1.29 is 28.6 Å². The van der Waals surface area contributed by atoms with Gasteiger partial charge in [-0.05, 0) is 94.5 Å². The molecule has 0 saturated heterocycles. The third-order valence-corrected chi connectivity index (χ3v) is 7.79. The van der Waals surface area contributed by atoms with E-state index in [2.05, 4.69) is 23.7 Å². The maximum atomic E-state index is 14.3. The highest BCUT2D eigenvalue weighted by molar-refractivity contribution is 6.12. The number of rotatable bonds is 14. The van der Waals surface area contributed by atoms with E-state index >= 15 is 0 Å². The first-order valence-electron chi connectivity index (χ1n) is 16.7. The summed E-state index contributed by atoms with van der Waals surface area (Å²) in [6.07, 6.45) is -0.899. The molecule has 1 amide bonds. The molecule has 8 heteroatoms. The number of carbonyl (C=O) groups is 2. The summed E-state index contributed by atoms with van der Waals surface area (Å²) in [4.78, 5) is 26.8. The molecule has 0 aliphatic rings. The van der Waals surface area contributed by atoms with Crippen LogP contribution in [0.25, 0.3) is 22.4 Å². The van der Waals surface area contributed by atoms with Gasteiger partial charge in [0.1, 0.15) is 11.4 Å². The smallest absolute Gasteiger partial charge is 0.308 e. The summed E-state index contributed by atoms with van der Waals surface area (Å²) in [5.41, 5.74) is 4.58. The van der Waals surface area contributed by atoms with Gasteiger partial charge in [-0.25, -0.2) is 4.39 Å². The molecular formula is C40H49FN2O5. The van der Waals surface area contributed by atoms with Gasteiger partial charge in [-0.15, -0.1) is 0 Å². The number of amides is 1. The first-order valence-corrected chi connectivity index (χ1v) is 16.7. The Morgan fingerprint density at radius 3 is 2.04 bits per heavy atom. The molecule has 1 aromatic heterocycles. The SMILES string of the molecule is CC(C)O[C@H](CCn1c(-c2ccc(F)cc2)c(-c2ccccc2)c(C(=O)Nc2ccccc2)c1C(C)C)C[C@@H](O)CC(=O)OC(C)(C)C. The molecule has 48 heavy (non-hydrogen) atoms. The fourth-order valence-corrected chi connectivity index (χ4v) is 6.07. The quantitative estimate of drug-likeness (QED) is 0.132. The molecule has 0 radical (unpaired) electrons. The van der Waals surface area contributed by atoms with E-state index < -0.39 is 23.8 Å². The van der Waals surface area contributed by atoms with Gasteiger partial charge < -0.3 is 24.5 Å². The molecule has 0 spiro atoms. The molecule has 0 unspecified atom stereocenters. The van der Waals surface area contributed by atoms with E-state index in [0.29, 0.717) is 24.2 Å². The van der Waals surface area contributed by atoms with Crippen LogP contribution in [0, 0.1) is 5.82 Å². The second-order valence-electron chi connectivity index (χ2n) is 13.8. The molecule has 0 fully saturated rings. The highest BCUT2D eigenvalue weighted by Crippen LogP contribution is 2.43. The van der Waals surface area contributed by atoms with Crippen molar-refractivity contribution in [2.24, 2.45) is 0 Å². The van der Waals surface area contributed by atoms with E-state index in [0.717, 1.165) is 28.1 Å². The van der Waals surface area contributed by atoms with E-state index in [9.17, 15) is 19.1 Å². The van der Waals surface area contributed by atoms with Crippen molar-refractivity contribution in [3.8, 4) is 22.4 Å². The summed E-state index contributed by atoms with van der Waals surface area (Å²) in [5, 5.41) is 14.0. The second kappa shape index (κ2) is 16.2. The third kappa shape index (κ3) is 9.87. The monoisotopic (exact) mass is 656 g/mol. The number of halogens is 1. The lowest BCUT2D eigenvalue weighted by molar-refractivity contribution is -0.157. The van der Waals surface area contributed by atoms with Crippen LogP contribution in [0.1, 0.15) is 89.7 Å². The molecule has 3 aromatic carbocycles. The Bertz CT molecular complexity index is 1640. The number of carbonyl (C=O) groups excluding carboxylic acids is 2. The maximum absolute atomic E-state index is 14.3. The lowest BCUT2D eigenvalue weighted by atomic mass is 9.94. The number of anilines is 1. The summed E-state index contributed by atoms with van der Waals surface area (Å²) in [6.45, 7) is 13.8. The van der Waals surface area contributed by atoms with Crippen molar-refractivity contribution >= 4 is 17.6 Å². The Labute approximate surface area is 284 Å². The minimum Gasteiger partial charge on any atom is -0.460 e. The fourth-order valence-electron chi connectivity index (χ4n) is 6.07. The summed E-state index contributed by atoms with van der Waals surface area (Å²) >= 11 is 0. The highest BCUT2D eigenvalue weighted by Gasteiger charge is 2.31. The molecular weight excluding hydrogens is 607 g/mol. The predicted octanol–water partition coefficient (Wildman–Crippen LogP) is 9.00. The van der Waals surface area contributed by atoms with Crippen molar-refractivity contribution in [3.63, 3.8) is 0 Å². The lowest BCUT2D eigenvalue weighted by Gasteiger charge is -2.26. The normalized spacial score (nSPS) is 13.1. The number of esters is 1. The molecule has 2 N–H and O–H groups in total. The van der Waals surface area contributed by atoms with Gasteiger partial charge in [0.15, 0.2) is 0 Å². The highest BCUT2D eigenvalue weighted by atomic mass is 19.1. The van der Waals surface area contributed by atoms with Gasteiger partial charge in [-0.1, -0.05) is 62.4 Å². The molecule has 4 aromatic rings. The Morgan fingerprint density at radius 2 is 1.48 bits per heavy atom. The van der Waals surface area contributed by atoms with Gasteiger partial charge in [-0.3, -0.25) is 9.59 Å². The van der Waals surface area contributed by atoms with E-state index in [1.807, 2.05) is 74.5 Å². The summed E-state index contributed by atoms with van der Waals surface area (Å²) < 4.78 is 28.1. The molecule has 256 valence electrons. The number of aromatic nitrogens is 1. The van der Waals surface area contributed by atoms with E-state index in [1.165, 1.54) is 12.1 Å². The van der Waals surface area contributed by atoms with Gasteiger partial charge >= 0.3 is 5.97 Å². The van der Waals surface area contributed by atoms with Crippen LogP contribution in [0.15, 0.2) is 84.9 Å². The predicted molar refractivity (Wildman–Crippen MR) is 189 cm³/mol. The van der Waals surface area contributed by atoms with Crippen LogP contribution < -0.4 is 5.32 Å². The topological polar surface area (TPSA) is 89.8 Å². The summed E-state index contributed by atoms with van der Waals surface area (Å²) in [6, 6.07) is 25.4. The Kier molecular flexibility index (Phi) is 12.4. The zero-order valence-electron chi connectivity index (χ0n) is 29.1. The molecule has 1 heterocycles. The number of nitrogens with zero attached hydrogens (tertiary/aromatic N) is 1. The number of nitrogens with one attached hydrogen (secondary N) is 1. The van der Waals surface area contributed by atoms with Crippen molar-refractivity contribution in [2.75, 3.05) is 5.32 Å². The molecule has 0 saturated carbocycles. The number of hydrogen-bond acceptors (Lipinski definition) is 5. The van der Waals surface area contributed by atoms with Gasteiger partial charge in [0.25, 0.3) is 5.91 Å². The molecule has 0 aliphatic heterocycles. The van der Waals surface area contributed by atoms with Crippen LogP contribution in [0.3, 0.4) is 0 Å². The third-order valence-electron chi connectivity index (χ3n) is 7.79. The van der Waals surface area contributed by atoms with Gasteiger partial charge in [0.05, 0.1) is 36.0 Å². The van der Waals surface area contributed by atoms with Crippen molar-refractivity contribution in [3.05, 3.63) is 102 Å². The van der Waals surface area contributed by atoms with Crippen LogP contribution in [0.5, 0.6) is 0 Å². The minimum atomic E-state index is -0.957. The maximum Gasteiger partial charge on any atom is 0.308 e. The lowest BCUT2D eigenvalue weighted by Crippen LogP contribution is -2.30. The molecule has 0 bridgehead atoms. The largest absolute Gasteiger partial charge is 0.460 e. The zero-order chi connectivity index (χ0) is 35.0. The van der Waals surface area contributed by atoms with Crippen LogP contribution >= 0.6 is 0 Å². The molecule has 2 atom stereocenters. The van der Waals surface area contributed by atoms with Crippen molar-refractivity contribution in [1.82, 2.24) is 4.57 Å². The van der Waals surface area contributed by atoms with Crippen molar-refractivity contribution in [2.45, 2.75) is 104 Å². The Hall–Kier alpha value is -4.27. The number of benzene rings is 3.